The van der Waals surface area contributed by atoms with E-state index in [0.29, 0.717) is 36.1 Å². The molecule has 142 valence electrons. The first-order chi connectivity index (χ1) is 12.9. The van der Waals surface area contributed by atoms with Crippen LogP contribution in [0.15, 0.2) is 51.7 Å². The Labute approximate surface area is 159 Å². The number of carbonyl (C=O) groups is 1. The summed E-state index contributed by atoms with van der Waals surface area (Å²) in [5.74, 6) is 1.83. The Morgan fingerprint density at radius 2 is 2.00 bits per heavy atom. The minimum absolute atomic E-state index is 0.0477. The van der Waals surface area contributed by atoms with Gasteiger partial charge in [-0.1, -0.05) is 26.0 Å². The van der Waals surface area contributed by atoms with E-state index in [9.17, 15) is 9.59 Å². The van der Waals surface area contributed by atoms with E-state index >= 15 is 0 Å². The van der Waals surface area contributed by atoms with Crippen LogP contribution in [0.25, 0.3) is 11.0 Å². The van der Waals surface area contributed by atoms with Crippen molar-refractivity contribution in [2.24, 2.45) is 23.2 Å². The average Bonchev–Trinajstić information content (AvgIpc) is 2.64. The lowest BCUT2D eigenvalue weighted by Gasteiger charge is -2.53. The van der Waals surface area contributed by atoms with Gasteiger partial charge in [0.1, 0.15) is 17.1 Å². The van der Waals surface area contributed by atoms with Crippen LogP contribution in [0.5, 0.6) is 5.75 Å². The van der Waals surface area contributed by atoms with Crippen molar-refractivity contribution in [3.8, 4) is 5.75 Å². The zero-order chi connectivity index (χ0) is 19.2. The number of hydrogen-bond donors (Lipinski definition) is 0. The van der Waals surface area contributed by atoms with E-state index in [2.05, 4.69) is 20.4 Å². The van der Waals surface area contributed by atoms with Gasteiger partial charge in [0.15, 0.2) is 0 Å². The summed E-state index contributed by atoms with van der Waals surface area (Å²) in [6.45, 7) is 9.25. The first kappa shape index (κ1) is 18.0. The van der Waals surface area contributed by atoms with Crippen molar-refractivity contribution in [2.45, 2.75) is 39.5 Å². The van der Waals surface area contributed by atoms with Crippen molar-refractivity contribution in [3.05, 3.63) is 52.9 Å². The number of ether oxygens (including phenoxy) is 1. The van der Waals surface area contributed by atoms with Crippen molar-refractivity contribution in [3.63, 3.8) is 0 Å². The Hall–Kier alpha value is -2.36. The van der Waals surface area contributed by atoms with Gasteiger partial charge >= 0.3 is 5.63 Å². The van der Waals surface area contributed by atoms with Gasteiger partial charge in [0.05, 0.1) is 6.61 Å². The van der Waals surface area contributed by atoms with Crippen LogP contribution >= 0.6 is 0 Å². The lowest BCUT2D eigenvalue weighted by molar-refractivity contribution is -0.134. The largest absolute Gasteiger partial charge is 0.493 e. The average molecular weight is 366 g/mol. The highest BCUT2D eigenvalue weighted by Gasteiger charge is 2.51. The first-order valence-electron chi connectivity index (χ1n) is 9.75. The summed E-state index contributed by atoms with van der Waals surface area (Å²) in [5.41, 5.74) is 1.44. The number of fused-ring (bicyclic) bond motifs is 2. The molecule has 1 aromatic carbocycles. The predicted octanol–water partition coefficient (Wildman–Crippen LogP) is 4.76. The van der Waals surface area contributed by atoms with Crippen LogP contribution in [-0.4, -0.2) is 12.4 Å². The molecule has 4 atom stereocenters. The standard InChI is InChI=1S/C23H26O4/c1-14-4-8-18-15(2)20(24)10-11-23(18,3)19(14)13-26-17-7-5-16-6-9-22(25)27-21(16)12-17/h5-7,9,12,15,18-19H,1,4,8,10-11,13H2,2-3H3/t15-,18-,19+,23-/m1/s1. The molecule has 2 saturated carbocycles. The molecule has 0 bridgehead atoms. The van der Waals surface area contributed by atoms with E-state index in [1.165, 1.54) is 11.6 Å². The Morgan fingerprint density at radius 1 is 1.22 bits per heavy atom. The third-order valence-electron chi connectivity index (χ3n) is 6.95. The molecule has 1 aromatic heterocycles. The maximum Gasteiger partial charge on any atom is 0.336 e. The number of hydrogen-bond acceptors (Lipinski definition) is 4. The van der Waals surface area contributed by atoms with Crippen LogP contribution in [0, 0.1) is 23.2 Å². The zero-order valence-electron chi connectivity index (χ0n) is 16.0. The number of Topliss-reactive ketones (excluding diaryl/α,β-unsaturated/α-hetero) is 1. The number of ketones is 1. The molecule has 0 radical (unpaired) electrons. The quantitative estimate of drug-likeness (QED) is 0.580. The second kappa shape index (κ2) is 6.66. The van der Waals surface area contributed by atoms with Gasteiger partial charge in [-0.25, -0.2) is 4.79 Å². The molecular weight excluding hydrogens is 340 g/mol. The van der Waals surface area contributed by atoms with Crippen LogP contribution in [-0.2, 0) is 4.79 Å². The second-order valence-electron chi connectivity index (χ2n) is 8.38. The Kier molecular flexibility index (Phi) is 4.45. The number of benzene rings is 1. The molecule has 0 spiro atoms. The smallest absolute Gasteiger partial charge is 0.336 e. The Morgan fingerprint density at radius 3 is 2.81 bits per heavy atom. The fraction of sp³-hybridized carbons (Fsp3) is 0.478. The molecule has 0 saturated heterocycles. The summed E-state index contributed by atoms with van der Waals surface area (Å²) in [7, 11) is 0. The van der Waals surface area contributed by atoms with Crippen LogP contribution in [0.3, 0.4) is 0 Å². The summed E-state index contributed by atoms with van der Waals surface area (Å²) >= 11 is 0. The van der Waals surface area contributed by atoms with Crippen LogP contribution in [0.2, 0.25) is 0 Å². The number of carbonyl (C=O) groups excluding carboxylic acids is 1. The lowest BCUT2D eigenvalue weighted by Crippen LogP contribution is -2.49. The van der Waals surface area contributed by atoms with Crippen molar-refractivity contribution >= 4 is 16.8 Å². The molecule has 1 heterocycles. The molecule has 4 nitrogen and oxygen atoms in total. The van der Waals surface area contributed by atoms with E-state index in [0.717, 1.165) is 24.6 Å². The van der Waals surface area contributed by atoms with Crippen LogP contribution < -0.4 is 10.4 Å². The van der Waals surface area contributed by atoms with Gasteiger partial charge in [0.2, 0.25) is 0 Å². The molecule has 2 aliphatic carbocycles. The minimum Gasteiger partial charge on any atom is -0.493 e. The molecule has 2 aromatic rings. The highest BCUT2D eigenvalue weighted by molar-refractivity contribution is 5.82. The van der Waals surface area contributed by atoms with Gasteiger partial charge in [-0.3, -0.25) is 4.79 Å². The van der Waals surface area contributed by atoms with Gasteiger partial charge in [0, 0.05) is 35.8 Å². The van der Waals surface area contributed by atoms with E-state index in [4.69, 9.17) is 9.15 Å². The zero-order valence-corrected chi connectivity index (χ0v) is 16.0. The molecule has 0 aliphatic heterocycles. The molecule has 0 unspecified atom stereocenters. The van der Waals surface area contributed by atoms with E-state index in [1.807, 2.05) is 12.1 Å². The topological polar surface area (TPSA) is 56.5 Å². The maximum atomic E-state index is 12.2. The van der Waals surface area contributed by atoms with Crippen molar-refractivity contribution < 1.29 is 13.9 Å². The van der Waals surface area contributed by atoms with E-state index in [-0.39, 0.29) is 22.9 Å². The monoisotopic (exact) mass is 366 g/mol. The fourth-order valence-electron chi connectivity index (χ4n) is 5.21. The van der Waals surface area contributed by atoms with Gasteiger partial charge in [0.25, 0.3) is 0 Å². The molecule has 0 N–H and O–H groups in total. The molecule has 4 rings (SSSR count). The molecule has 2 fully saturated rings. The van der Waals surface area contributed by atoms with Crippen molar-refractivity contribution in [2.75, 3.05) is 6.61 Å². The van der Waals surface area contributed by atoms with E-state index < -0.39 is 0 Å². The molecule has 4 heteroatoms. The fourth-order valence-corrected chi connectivity index (χ4v) is 5.21. The van der Waals surface area contributed by atoms with Gasteiger partial charge in [-0.2, -0.15) is 0 Å². The molecular formula is C23H26O4. The summed E-state index contributed by atoms with van der Waals surface area (Å²) in [4.78, 5) is 23.7. The highest BCUT2D eigenvalue weighted by atomic mass is 16.5. The van der Waals surface area contributed by atoms with E-state index in [1.54, 1.807) is 12.1 Å². The summed E-state index contributed by atoms with van der Waals surface area (Å²) in [6, 6.07) is 8.74. The Bertz CT molecular complexity index is 956. The Balaban J connectivity index is 1.56. The summed E-state index contributed by atoms with van der Waals surface area (Å²) in [6.07, 6.45) is 3.55. The van der Waals surface area contributed by atoms with Gasteiger partial charge in [-0.05, 0) is 48.8 Å². The lowest BCUT2D eigenvalue weighted by atomic mass is 9.51. The number of rotatable bonds is 3. The minimum atomic E-state index is -0.364. The summed E-state index contributed by atoms with van der Waals surface area (Å²) in [5, 5.41) is 0.871. The third-order valence-corrected chi connectivity index (χ3v) is 6.95. The third kappa shape index (κ3) is 3.11. The normalized spacial score (nSPS) is 31.0. The molecule has 0 amide bonds. The molecule has 27 heavy (non-hydrogen) atoms. The van der Waals surface area contributed by atoms with Crippen LogP contribution in [0.4, 0.5) is 0 Å². The highest BCUT2D eigenvalue weighted by Crippen LogP contribution is 2.55. The molecule has 2 aliphatic rings. The van der Waals surface area contributed by atoms with Crippen molar-refractivity contribution in [1.29, 1.82) is 0 Å². The SMILES string of the molecule is C=C1CC[C@@H]2[C@@H](C)C(=O)CC[C@@]2(C)[C@H]1COc1ccc2ccc(=O)oc2c1. The first-order valence-corrected chi connectivity index (χ1v) is 9.75. The second-order valence-corrected chi connectivity index (χ2v) is 8.38. The van der Waals surface area contributed by atoms with Crippen LogP contribution in [0.1, 0.15) is 39.5 Å². The maximum absolute atomic E-state index is 12.2. The van der Waals surface area contributed by atoms with Gasteiger partial charge < -0.3 is 9.15 Å². The van der Waals surface area contributed by atoms with Gasteiger partial charge in [-0.15, -0.1) is 0 Å². The van der Waals surface area contributed by atoms with Crippen molar-refractivity contribution in [1.82, 2.24) is 0 Å². The predicted molar refractivity (Wildman–Crippen MR) is 105 cm³/mol. The summed E-state index contributed by atoms with van der Waals surface area (Å²) < 4.78 is 11.4.